The zero-order valence-corrected chi connectivity index (χ0v) is 13.1. The SMILES string of the molecule is CCC1CCCC(Oc2c(Br)cccc2CCl)C1. The van der Waals surface area contributed by atoms with Crippen LogP contribution in [0.4, 0.5) is 0 Å². The van der Waals surface area contributed by atoms with Crippen LogP contribution in [-0.4, -0.2) is 6.10 Å². The van der Waals surface area contributed by atoms with Gasteiger partial charge in [0.1, 0.15) is 5.75 Å². The van der Waals surface area contributed by atoms with Crippen LogP contribution >= 0.6 is 27.5 Å². The fourth-order valence-corrected chi connectivity index (χ4v) is 3.39. The van der Waals surface area contributed by atoms with Gasteiger partial charge in [-0.2, -0.15) is 0 Å². The van der Waals surface area contributed by atoms with Crippen LogP contribution < -0.4 is 4.74 Å². The van der Waals surface area contributed by atoms with Crippen LogP contribution in [0.2, 0.25) is 0 Å². The van der Waals surface area contributed by atoms with Crippen molar-refractivity contribution in [2.24, 2.45) is 5.92 Å². The van der Waals surface area contributed by atoms with Gasteiger partial charge in [0.25, 0.3) is 0 Å². The van der Waals surface area contributed by atoms with E-state index < -0.39 is 0 Å². The van der Waals surface area contributed by atoms with Crippen molar-refractivity contribution in [3.63, 3.8) is 0 Å². The van der Waals surface area contributed by atoms with Crippen molar-refractivity contribution >= 4 is 27.5 Å². The van der Waals surface area contributed by atoms with Gasteiger partial charge in [-0.1, -0.05) is 31.9 Å². The first-order valence-corrected chi connectivity index (χ1v) is 8.07. The van der Waals surface area contributed by atoms with E-state index in [1.54, 1.807) is 0 Å². The van der Waals surface area contributed by atoms with E-state index in [4.69, 9.17) is 16.3 Å². The highest BCUT2D eigenvalue weighted by atomic mass is 79.9. The molecule has 3 heteroatoms. The maximum absolute atomic E-state index is 6.21. The second-order valence-electron chi connectivity index (χ2n) is 5.04. The summed E-state index contributed by atoms with van der Waals surface area (Å²) in [6, 6.07) is 6.06. The van der Waals surface area contributed by atoms with Crippen molar-refractivity contribution in [1.29, 1.82) is 0 Å². The van der Waals surface area contributed by atoms with Crippen LogP contribution in [0.3, 0.4) is 0 Å². The Morgan fingerprint density at radius 2 is 2.22 bits per heavy atom. The molecule has 0 aromatic heterocycles. The molecule has 100 valence electrons. The molecule has 1 aromatic carbocycles. The summed E-state index contributed by atoms with van der Waals surface area (Å²) in [6.45, 7) is 2.27. The van der Waals surface area contributed by atoms with E-state index in [2.05, 4.69) is 22.9 Å². The Kier molecular flexibility index (Phi) is 5.38. The Bertz CT molecular complexity index is 394. The number of hydrogen-bond acceptors (Lipinski definition) is 1. The van der Waals surface area contributed by atoms with Gasteiger partial charge in [0.2, 0.25) is 0 Å². The lowest BCUT2D eigenvalue weighted by Crippen LogP contribution is -2.25. The van der Waals surface area contributed by atoms with Gasteiger partial charge >= 0.3 is 0 Å². The van der Waals surface area contributed by atoms with Gasteiger partial charge in [-0.25, -0.2) is 0 Å². The maximum Gasteiger partial charge on any atom is 0.138 e. The molecule has 1 nitrogen and oxygen atoms in total. The summed E-state index contributed by atoms with van der Waals surface area (Å²) in [6.07, 6.45) is 6.60. The van der Waals surface area contributed by atoms with E-state index in [1.807, 2.05) is 18.2 Å². The summed E-state index contributed by atoms with van der Waals surface area (Å²) < 4.78 is 7.22. The topological polar surface area (TPSA) is 9.23 Å². The lowest BCUT2D eigenvalue weighted by molar-refractivity contribution is 0.120. The summed E-state index contributed by atoms with van der Waals surface area (Å²) in [4.78, 5) is 0. The molecular formula is C15H20BrClO. The molecule has 1 aromatic rings. The van der Waals surface area contributed by atoms with Crippen molar-refractivity contribution in [1.82, 2.24) is 0 Å². The molecule has 1 saturated carbocycles. The fourth-order valence-electron chi connectivity index (χ4n) is 2.68. The lowest BCUT2D eigenvalue weighted by atomic mass is 9.85. The second kappa shape index (κ2) is 6.81. The number of halogens is 2. The van der Waals surface area contributed by atoms with E-state index in [0.717, 1.165) is 21.7 Å². The van der Waals surface area contributed by atoms with E-state index in [-0.39, 0.29) is 0 Å². The minimum Gasteiger partial charge on any atom is -0.489 e. The molecule has 0 aliphatic heterocycles. The van der Waals surface area contributed by atoms with E-state index in [9.17, 15) is 0 Å². The van der Waals surface area contributed by atoms with Gasteiger partial charge in [-0.15, -0.1) is 11.6 Å². The molecule has 1 fully saturated rings. The van der Waals surface area contributed by atoms with Crippen molar-refractivity contribution in [3.8, 4) is 5.75 Å². The third-order valence-corrected chi connectivity index (χ3v) is 4.70. The molecule has 1 aliphatic carbocycles. The van der Waals surface area contributed by atoms with Gasteiger partial charge < -0.3 is 4.74 Å². The molecule has 0 N–H and O–H groups in total. The van der Waals surface area contributed by atoms with Crippen molar-refractivity contribution in [3.05, 3.63) is 28.2 Å². The highest BCUT2D eigenvalue weighted by Gasteiger charge is 2.23. The maximum atomic E-state index is 6.21. The van der Waals surface area contributed by atoms with Crippen LogP contribution in [0.1, 0.15) is 44.6 Å². The summed E-state index contributed by atoms with van der Waals surface area (Å²) >= 11 is 9.54. The van der Waals surface area contributed by atoms with Crippen molar-refractivity contribution in [2.75, 3.05) is 0 Å². The lowest BCUT2D eigenvalue weighted by Gasteiger charge is -2.29. The van der Waals surface area contributed by atoms with Crippen LogP contribution in [0.5, 0.6) is 5.75 Å². The molecule has 18 heavy (non-hydrogen) atoms. The zero-order valence-electron chi connectivity index (χ0n) is 10.8. The summed E-state index contributed by atoms with van der Waals surface area (Å²) in [5.41, 5.74) is 1.07. The third kappa shape index (κ3) is 3.42. The van der Waals surface area contributed by atoms with E-state index >= 15 is 0 Å². The van der Waals surface area contributed by atoms with Gasteiger partial charge in [-0.05, 0) is 47.2 Å². The van der Waals surface area contributed by atoms with Crippen molar-refractivity contribution in [2.45, 2.75) is 51.0 Å². The molecule has 0 saturated heterocycles. The van der Waals surface area contributed by atoms with E-state index in [1.165, 1.54) is 32.1 Å². The quantitative estimate of drug-likeness (QED) is 0.659. The molecule has 2 atom stereocenters. The Hall–Kier alpha value is -0.210. The molecular weight excluding hydrogens is 312 g/mol. The first-order valence-electron chi connectivity index (χ1n) is 6.74. The predicted molar refractivity (Wildman–Crippen MR) is 80.4 cm³/mol. The standard InChI is InChI=1S/C15H20BrClO/c1-2-11-5-3-7-13(9-11)18-15-12(10-17)6-4-8-14(15)16/h4,6,8,11,13H,2-3,5,7,9-10H2,1H3. The molecule has 0 bridgehead atoms. The Balaban J connectivity index is 2.09. The fraction of sp³-hybridized carbons (Fsp3) is 0.600. The minimum absolute atomic E-state index is 0.351. The molecule has 0 spiro atoms. The van der Waals surface area contributed by atoms with Gasteiger partial charge in [0.15, 0.2) is 0 Å². The van der Waals surface area contributed by atoms with Crippen LogP contribution in [0, 0.1) is 5.92 Å². The normalized spacial score (nSPS) is 23.9. The molecule has 0 heterocycles. The van der Waals surface area contributed by atoms with Crippen molar-refractivity contribution < 1.29 is 4.74 Å². The average Bonchev–Trinajstić information content (AvgIpc) is 2.41. The summed E-state index contributed by atoms with van der Waals surface area (Å²) in [7, 11) is 0. The Morgan fingerprint density at radius 1 is 1.39 bits per heavy atom. The van der Waals surface area contributed by atoms with Gasteiger partial charge in [0.05, 0.1) is 16.5 Å². The van der Waals surface area contributed by atoms with E-state index in [0.29, 0.717) is 12.0 Å². The highest BCUT2D eigenvalue weighted by Crippen LogP contribution is 2.35. The van der Waals surface area contributed by atoms with Crippen LogP contribution in [0.25, 0.3) is 0 Å². The Labute approximate surface area is 123 Å². The number of rotatable bonds is 4. The predicted octanol–water partition coefficient (Wildman–Crippen LogP) is 5.54. The first kappa shape index (κ1) is 14.2. The summed E-state index contributed by atoms with van der Waals surface area (Å²) in [5, 5.41) is 0. The largest absolute Gasteiger partial charge is 0.489 e. The second-order valence-corrected chi connectivity index (χ2v) is 6.16. The number of alkyl halides is 1. The highest BCUT2D eigenvalue weighted by molar-refractivity contribution is 9.10. The summed E-state index contributed by atoms with van der Waals surface area (Å²) in [5.74, 6) is 2.26. The monoisotopic (exact) mass is 330 g/mol. The van der Waals surface area contributed by atoms with Crippen LogP contribution in [-0.2, 0) is 5.88 Å². The first-order chi connectivity index (χ1) is 8.74. The third-order valence-electron chi connectivity index (χ3n) is 3.79. The van der Waals surface area contributed by atoms with Crippen LogP contribution in [0.15, 0.2) is 22.7 Å². The average molecular weight is 332 g/mol. The minimum atomic E-state index is 0.351. The number of ether oxygens (including phenoxy) is 1. The Morgan fingerprint density at radius 3 is 2.94 bits per heavy atom. The van der Waals surface area contributed by atoms with Gasteiger partial charge in [0, 0.05) is 5.56 Å². The molecule has 2 rings (SSSR count). The molecule has 0 amide bonds. The molecule has 1 aliphatic rings. The number of para-hydroxylation sites is 1. The zero-order chi connectivity index (χ0) is 13.0. The molecule has 2 unspecified atom stereocenters. The smallest absolute Gasteiger partial charge is 0.138 e. The number of hydrogen-bond donors (Lipinski definition) is 0. The molecule has 0 radical (unpaired) electrons. The number of benzene rings is 1. The van der Waals surface area contributed by atoms with Gasteiger partial charge in [-0.3, -0.25) is 0 Å².